The van der Waals surface area contributed by atoms with E-state index in [2.05, 4.69) is 29.6 Å². The average molecular weight is 452 g/mol. The highest BCUT2D eigenvalue weighted by atomic mass is 35.5. The molecule has 0 aromatic heterocycles. The van der Waals surface area contributed by atoms with E-state index in [0.717, 1.165) is 0 Å². The fourth-order valence-corrected chi connectivity index (χ4v) is 3.72. The Morgan fingerprint density at radius 2 is 1.45 bits per heavy atom. The van der Waals surface area contributed by atoms with Crippen LogP contribution in [0.2, 0.25) is 10.0 Å². The number of rotatable bonds is 8. The van der Waals surface area contributed by atoms with Crippen LogP contribution >= 0.6 is 23.2 Å². The standard InChI is InChI=1S/C26H23Cl2NO2/c1-18(30)23(16-19-12-13-24(27)25(28)17-19)26(31)29-15-14-22(20-8-4-2-5-9-20)21-10-6-3-7-11-21/h2-13,16-17,22H,14-15H2,1H3,(H,29,31)/b23-16-. The van der Waals surface area contributed by atoms with Crippen LogP contribution in [0.5, 0.6) is 0 Å². The highest BCUT2D eigenvalue weighted by molar-refractivity contribution is 6.42. The van der Waals surface area contributed by atoms with Crippen molar-refractivity contribution >= 4 is 41.0 Å². The first-order valence-corrected chi connectivity index (χ1v) is 10.8. The summed E-state index contributed by atoms with van der Waals surface area (Å²) in [5, 5.41) is 3.68. The number of hydrogen-bond donors (Lipinski definition) is 1. The molecule has 0 saturated carbocycles. The van der Waals surface area contributed by atoms with Gasteiger partial charge in [0.1, 0.15) is 0 Å². The number of nitrogens with one attached hydrogen (secondary N) is 1. The number of benzene rings is 3. The molecule has 1 amide bonds. The van der Waals surface area contributed by atoms with Crippen LogP contribution in [0.4, 0.5) is 0 Å². The summed E-state index contributed by atoms with van der Waals surface area (Å²) in [6.45, 7) is 1.80. The second-order valence-electron chi connectivity index (χ2n) is 7.21. The van der Waals surface area contributed by atoms with Gasteiger partial charge in [-0.1, -0.05) is 89.9 Å². The van der Waals surface area contributed by atoms with Crippen molar-refractivity contribution in [2.24, 2.45) is 0 Å². The zero-order valence-electron chi connectivity index (χ0n) is 17.1. The predicted molar refractivity (Wildman–Crippen MR) is 127 cm³/mol. The number of ketones is 1. The first kappa shape index (κ1) is 22.8. The van der Waals surface area contributed by atoms with Gasteiger partial charge in [0.2, 0.25) is 0 Å². The molecule has 0 atom stereocenters. The third kappa shape index (κ3) is 6.30. The van der Waals surface area contributed by atoms with Crippen molar-refractivity contribution in [2.75, 3.05) is 6.54 Å². The van der Waals surface area contributed by atoms with Gasteiger partial charge in [0, 0.05) is 12.5 Å². The molecule has 0 saturated heterocycles. The monoisotopic (exact) mass is 451 g/mol. The molecule has 0 bridgehead atoms. The minimum Gasteiger partial charge on any atom is -0.352 e. The van der Waals surface area contributed by atoms with Gasteiger partial charge in [0.15, 0.2) is 5.78 Å². The highest BCUT2D eigenvalue weighted by Gasteiger charge is 2.17. The molecule has 0 spiro atoms. The fourth-order valence-electron chi connectivity index (χ4n) is 3.42. The summed E-state index contributed by atoms with van der Waals surface area (Å²) in [6, 6.07) is 25.3. The van der Waals surface area contributed by atoms with Gasteiger partial charge in [-0.3, -0.25) is 9.59 Å². The van der Waals surface area contributed by atoms with Crippen molar-refractivity contribution in [2.45, 2.75) is 19.3 Å². The molecule has 0 unspecified atom stereocenters. The maximum absolute atomic E-state index is 12.7. The van der Waals surface area contributed by atoms with Crippen LogP contribution < -0.4 is 5.32 Å². The lowest BCUT2D eigenvalue weighted by Gasteiger charge is -2.18. The lowest BCUT2D eigenvalue weighted by Crippen LogP contribution is -2.29. The van der Waals surface area contributed by atoms with Gasteiger partial charge in [-0.05, 0) is 48.2 Å². The second-order valence-corrected chi connectivity index (χ2v) is 8.02. The summed E-state index contributed by atoms with van der Waals surface area (Å²) in [5.41, 5.74) is 3.08. The Hall–Kier alpha value is -2.88. The van der Waals surface area contributed by atoms with Crippen molar-refractivity contribution in [3.05, 3.63) is 111 Å². The van der Waals surface area contributed by atoms with E-state index < -0.39 is 5.91 Å². The zero-order chi connectivity index (χ0) is 22.2. The van der Waals surface area contributed by atoms with Gasteiger partial charge in [0.05, 0.1) is 15.6 Å². The summed E-state index contributed by atoms with van der Waals surface area (Å²) in [4.78, 5) is 24.8. The minimum absolute atomic E-state index is 0.0781. The minimum atomic E-state index is -0.404. The van der Waals surface area contributed by atoms with E-state index in [1.165, 1.54) is 24.1 Å². The number of halogens is 2. The lowest BCUT2D eigenvalue weighted by molar-refractivity contribution is -0.121. The number of amides is 1. The molecule has 0 aliphatic rings. The molecule has 1 N–H and O–H groups in total. The summed E-state index contributed by atoms with van der Waals surface area (Å²) in [7, 11) is 0. The van der Waals surface area contributed by atoms with E-state index >= 15 is 0 Å². The van der Waals surface area contributed by atoms with Crippen LogP contribution in [-0.4, -0.2) is 18.2 Å². The number of hydrogen-bond acceptors (Lipinski definition) is 2. The Bertz CT molecular complexity index is 1040. The Balaban J connectivity index is 1.73. The molecule has 0 fully saturated rings. The molecular formula is C26H23Cl2NO2. The van der Waals surface area contributed by atoms with Crippen molar-refractivity contribution in [1.82, 2.24) is 5.32 Å². The van der Waals surface area contributed by atoms with Crippen molar-refractivity contribution < 1.29 is 9.59 Å². The van der Waals surface area contributed by atoms with Gasteiger partial charge in [-0.2, -0.15) is 0 Å². The lowest BCUT2D eigenvalue weighted by atomic mass is 9.88. The maximum atomic E-state index is 12.7. The number of carbonyl (C=O) groups is 2. The van der Waals surface area contributed by atoms with E-state index in [1.807, 2.05) is 36.4 Å². The molecule has 3 aromatic carbocycles. The quantitative estimate of drug-likeness (QED) is 0.248. The maximum Gasteiger partial charge on any atom is 0.254 e. The van der Waals surface area contributed by atoms with E-state index in [9.17, 15) is 9.59 Å². The third-order valence-electron chi connectivity index (χ3n) is 5.00. The van der Waals surface area contributed by atoms with E-state index in [4.69, 9.17) is 23.2 Å². The van der Waals surface area contributed by atoms with Gasteiger partial charge in [-0.25, -0.2) is 0 Å². The highest BCUT2D eigenvalue weighted by Crippen LogP contribution is 2.27. The summed E-state index contributed by atoms with van der Waals surface area (Å²) in [5.74, 6) is -0.577. The molecule has 0 heterocycles. The van der Waals surface area contributed by atoms with Crippen LogP contribution in [0.15, 0.2) is 84.4 Å². The van der Waals surface area contributed by atoms with Crippen LogP contribution in [-0.2, 0) is 9.59 Å². The smallest absolute Gasteiger partial charge is 0.254 e. The number of carbonyl (C=O) groups excluding carboxylic acids is 2. The van der Waals surface area contributed by atoms with Crippen molar-refractivity contribution in [1.29, 1.82) is 0 Å². The normalized spacial score (nSPS) is 11.4. The average Bonchev–Trinajstić information content (AvgIpc) is 2.78. The topological polar surface area (TPSA) is 46.2 Å². The van der Waals surface area contributed by atoms with Crippen molar-refractivity contribution in [3.63, 3.8) is 0 Å². The van der Waals surface area contributed by atoms with Crippen LogP contribution in [0.1, 0.15) is 36.0 Å². The Morgan fingerprint density at radius 1 is 0.871 bits per heavy atom. The largest absolute Gasteiger partial charge is 0.352 e. The Labute approximate surface area is 192 Å². The van der Waals surface area contributed by atoms with Crippen LogP contribution in [0.3, 0.4) is 0 Å². The third-order valence-corrected chi connectivity index (χ3v) is 5.74. The van der Waals surface area contributed by atoms with Gasteiger partial charge >= 0.3 is 0 Å². The summed E-state index contributed by atoms with van der Waals surface area (Å²) >= 11 is 12.0. The molecule has 31 heavy (non-hydrogen) atoms. The first-order chi connectivity index (χ1) is 15.0. The Kier molecular flexibility index (Phi) is 8.05. The summed E-state index contributed by atoms with van der Waals surface area (Å²) < 4.78 is 0. The molecule has 3 nitrogen and oxygen atoms in total. The molecule has 5 heteroatoms. The van der Waals surface area contributed by atoms with Gasteiger partial charge < -0.3 is 5.32 Å². The molecular weight excluding hydrogens is 429 g/mol. The molecule has 0 radical (unpaired) electrons. The fraction of sp³-hybridized carbons (Fsp3) is 0.154. The summed E-state index contributed by atoms with van der Waals surface area (Å²) in [6.07, 6.45) is 2.24. The van der Waals surface area contributed by atoms with Gasteiger partial charge in [-0.15, -0.1) is 0 Å². The molecule has 3 rings (SSSR count). The predicted octanol–water partition coefficient (Wildman–Crippen LogP) is 6.30. The first-order valence-electron chi connectivity index (χ1n) is 10.0. The Morgan fingerprint density at radius 3 is 1.97 bits per heavy atom. The van der Waals surface area contributed by atoms with Crippen molar-refractivity contribution in [3.8, 4) is 0 Å². The zero-order valence-corrected chi connectivity index (χ0v) is 18.7. The SMILES string of the molecule is CC(=O)/C(=C/c1ccc(Cl)c(Cl)c1)C(=O)NCCC(c1ccccc1)c1ccccc1. The van der Waals surface area contributed by atoms with E-state index in [0.29, 0.717) is 28.6 Å². The van der Waals surface area contributed by atoms with Crippen LogP contribution in [0, 0.1) is 0 Å². The van der Waals surface area contributed by atoms with Crippen LogP contribution in [0.25, 0.3) is 6.08 Å². The second kappa shape index (κ2) is 10.9. The molecule has 3 aromatic rings. The van der Waals surface area contributed by atoms with Gasteiger partial charge in [0.25, 0.3) is 5.91 Å². The molecule has 158 valence electrons. The molecule has 0 aliphatic heterocycles. The number of Topliss-reactive ketones (excluding diaryl/α,β-unsaturated/α-hetero) is 1. The van der Waals surface area contributed by atoms with E-state index in [-0.39, 0.29) is 17.3 Å². The molecule has 0 aliphatic carbocycles. The van der Waals surface area contributed by atoms with E-state index in [1.54, 1.807) is 18.2 Å².